The van der Waals surface area contributed by atoms with Gasteiger partial charge in [-0.1, -0.05) is 24.3 Å². The van der Waals surface area contributed by atoms with Crippen LogP contribution in [0.2, 0.25) is 0 Å². The van der Waals surface area contributed by atoms with E-state index in [1.807, 2.05) is 17.0 Å². The van der Waals surface area contributed by atoms with Crippen molar-refractivity contribution in [3.63, 3.8) is 0 Å². The predicted octanol–water partition coefficient (Wildman–Crippen LogP) is 3.75. The van der Waals surface area contributed by atoms with Gasteiger partial charge in [0.2, 0.25) is 11.7 Å². The summed E-state index contributed by atoms with van der Waals surface area (Å²) < 4.78 is 17.6. The molecule has 0 aliphatic carbocycles. The van der Waals surface area contributed by atoms with Gasteiger partial charge >= 0.3 is 0 Å². The van der Waals surface area contributed by atoms with Gasteiger partial charge in [-0.15, -0.1) is 0 Å². The van der Waals surface area contributed by atoms with Crippen LogP contribution < -0.4 is 4.74 Å². The smallest absolute Gasteiger partial charge is 0.219 e. The fraction of sp³-hybridized carbons (Fsp3) is 0.409. The summed E-state index contributed by atoms with van der Waals surface area (Å²) in [6.07, 6.45) is 1.40. The molecular formula is C22H25NO4. The molecular weight excluding hydrogens is 342 g/mol. The molecule has 0 N–H and O–H groups in total. The maximum atomic E-state index is 11.5. The molecule has 1 amide bonds. The van der Waals surface area contributed by atoms with Crippen molar-refractivity contribution in [2.75, 3.05) is 20.2 Å². The summed E-state index contributed by atoms with van der Waals surface area (Å²) >= 11 is 0. The SMILES string of the molecule is COCc1cccc(-c2ccc3c(c2)COC2(CCN(C(C)=O)CC2)O3)c1. The molecule has 2 aromatic carbocycles. The number of carbonyl (C=O) groups excluding carboxylic acids is 1. The third kappa shape index (κ3) is 3.70. The van der Waals surface area contributed by atoms with Crippen molar-refractivity contribution in [3.8, 4) is 16.9 Å². The predicted molar refractivity (Wildman–Crippen MR) is 102 cm³/mol. The van der Waals surface area contributed by atoms with E-state index < -0.39 is 5.79 Å². The molecule has 0 saturated carbocycles. The van der Waals surface area contributed by atoms with Gasteiger partial charge in [-0.05, 0) is 34.9 Å². The summed E-state index contributed by atoms with van der Waals surface area (Å²) in [7, 11) is 1.71. The van der Waals surface area contributed by atoms with Gasteiger partial charge in [0.15, 0.2) is 0 Å². The molecule has 0 unspecified atom stereocenters. The zero-order valence-electron chi connectivity index (χ0n) is 15.9. The van der Waals surface area contributed by atoms with E-state index in [1.165, 1.54) is 0 Å². The Balaban J connectivity index is 1.52. The molecule has 0 bridgehead atoms. The monoisotopic (exact) mass is 367 g/mol. The highest BCUT2D eigenvalue weighted by Crippen LogP contribution is 2.39. The van der Waals surface area contributed by atoms with Crippen molar-refractivity contribution >= 4 is 5.91 Å². The standard InChI is InChI=1S/C22H25NO4/c1-16(24)23-10-8-22(9-11-23)26-15-20-13-19(6-7-21(20)27-22)18-5-3-4-17(12-18)14-25-2/h3-7,12-13H,8-11,14-15H2,1-2H3. The molecule has 2 aliphatic heterocycles. The lowest BCUT2D eigenvalue weighted by Gasteiger charge is -2.43. The van der Waals surface area contributed by atoms with Gasteiger partial charge in [0.05, 0.1) is 13.2 Å². The van der Waals surface area contributed by atoms with Gasteiger partial charge in [0.1, 0.15) is 5.75 Å². The number of piperidine rings is 1. The fourth-order valence-corrected chi connectivity index (χ4v) is 3.83. The van der Waals surface area contributed by atoms with Crippen molar-refractivity contribution in [2.24, 2.45) is 0 Å². The van der Waals surface area contributed by atoms with E-state index in [0.29, 0.717) is 39.1 Å². The normalized spacial score (nSPS) is 18.1. The number of carbonyl (C=O) groups is 1. The van der Waals surface area contributed by atoms with E-state index in [0.717, 1.165) is 28.0 Å². The molecule has 0 aromatic heterocycles. The zero-order chi connectivity index (χ0) is 18.9. The second-order valence-corrected chi connectivity index (χ2v) is 7.26. The van der Waals surface area contributed by atoms with Gasteiger partial charge in [0.25, 0.3) is 0 Å². The number of hydrogen-bond donors (Lipinski definition) is 0. The minimum atomic E-state index is -0.598. The molecule has 1 spiro atoms. The molecule has 2 aromatic rings. The van der Waals surface area contributed by atoms with Crippen LogP contribution in [-0.4, -0.2) is 36.8 Å². The van der Waals surface area contributed by atoms with E-state index in [4.69, 9.17) is 14.2 Å². The molecule has 27 heavy (non-hydrogen) atoms. The third-order valence-electron chi connectivity index (χ3n) is 5.39. The molecule has 0 radical (unpaired) electrons. The van der Waals surface area contributed by atoms with Crippen LogP contribution in [-0.2, 0) is 27.5 Å². The number of likely N-dealkylation sites (tertiary alicyclic amines) is 1. The molecule has 142 valence electrons. The average Bonchev–Trinajstić information content (AvgIpc) is 2.68. The molecule has 4 rings (SSSR count). The number of benzene rings is 2. The Labute approximate surface area is 159 Å². The van der Waals surface area contributed by atoms with E-state index in [-0.39, 0.29) is 5.91 Å². The minimum Gasteiger partial charge on any atom is -0.462 e. The third-order valence-corrected chi connectivity index (χ3v) is 5.39. The average molecular weight is 367 g/mol. The molecule has 5 heteroatoms. The summed E-state index contributed by atoms with van der Waals surface area (Å²) in [5.74, 6) is 0.398. The van der Waals surface area contributed by atoms with Crippen LogP contribution in [0.15, 0.2) is 42.5 Å². The Bertz CT molecular complexity index is 840. The van der Waals surface area contributed by atoms with E-state index >= 15 is 0 Å². The summed E-state index contributed by atoms with van der Waals surface area (Å²) in [4.78, 5) is 13.4. The first-order valence-electron chi connectivity index (χ1n) is 9.38. The number of amides is 1. The summed E-state index contributed by atoms with van der Waals surface area (Å²) in [5, 5.41) is 0. The number of rotatable bonds is 3. The number of fused-ring (bicyclic) bond motifs is 1. The van der Waals surface area contributed by atoms with Crippen molar-refractivity contribution in [2.45, 2.75) is 38.8 Å². The maximum absolute atomic E-state index is 11.5. The van der Waals surface area contributed by atoms with Gasteiger partial charge in [-0.3, -0.25) is 4.79 Å². The second-order valence-electron chi connectivity index (χ2n) is 7.26. The van der Waals surface area contributed by atoms with Crippen LogP contribution in [0.5, 0.6) is 5.75 Å². The van der Waals surface area contributed by atoms with Crippen LogP contribution in [0.3, 0.4) is 0 Å². The number of methoxy groups -OCH3 is 1. The quantitative estimate of drug-likeness (QED) is 0.829. The Hall–Kier alpha value is -2.37. The highest BCUT2D eigenvalue weighted by Gasteiger charge is 2.41. The Morgan fingerprint density at radius 2 is 1.93 bits per heavy atom. The molecule has 2 heterocycles. The van der Waals surface area contributed by atoms with Crippen molar-refractivity contribution in [1.82, 2.24) is 4.90 Å². The van der Waals surface area contributed by atoms with Crippen LogP contribution in [0.25, 0.3) is 11.1 Å². The lowest BCUT2D eigenvalue weighted by Crippen LogP contribution is -2.52. The summed E-state index contributed by atoms with van der Waals surface area (Å²) in [6.45, 7) is 4.09. The molecule has 0 atom stereocenters. The fourth-order valence-electron chi connectivity index (χ4n) is 3.83. The van der Waals surface area contributed by atoms with Crippen LogP contribution in [0.4, 0.5) is 0 Å². The topological polar surface area (TPSA) is 48.0 Å². The van der Waals surface area contributed by atoms with Crippen molar-refractivity contribution in [3.05, 3.63) is 53.6 Å². The van der Waals surface area contributed by atoms with E-state index in [1.54, 1.807) is 14.0 Å². The first kappa shape index (κ1) is 18.0. The highest BCUT2D eigenvalue weighted by molar-refractivity contribution is 5.73. The van der Waals surface area contributed by atoms with Gasteiger partial charge in [0, 0.05) is 45.5 Å². The largest absolute Gasteiger partial charge is 0.462 e. The minimum absolute atomic E-state index is 0.112. The lowest BCUT2D eigenvalue weighted by molar-refractivity contribution is -0.227. The summed E-state index contributed by atoms with van der Waals surface area (Å²) in [6, 6.07) is 14.6. The number of nitrogens with zero attached hydrogens (tertiary/aromatic N) is 1. The van der Waals surface area contributed by atoms with Gasteiger partial charge in [-0.2, -0.15) is 0 Å². The highest BCUT2D eigenvalue weighted by atomic mass is 16.7. The Kier molecular flexibility index (Phi) is 4.89. The van der Waals surface area contributed by atoms with Crippen molar-refractivity contribution < 1.29 is 19.0 Å². The lowest BCUT2D eigenvalue weighted by atomic mass is 9.98. The first-order chi connectivity index (χ1) is 13.1. The molecule has 2 aliphatic rings. The Morgan fingerprint density at radius 1 is 1.15 bits per heavy atom. The van der Waals surface area contributed by atoms with Crippen LogP contribution >= 0.6 is 0 Å². The van der Waals surface area contributed by atoms with Crippen molar-refractivity contribution in [1.29, 1.82) is 0 Å². The number of ether oxygens (including phenoxy) is 3. The van der Waals surface area contributed by atoms with Crippen LogP contribution in [0.1, 0.15) is 30.9 Å². The van der Waals surface area contributed by atoms with Gasteiger partial charge in [-0.25, -0.2) is 0 Å². The Morgan fingerprint density at radius 3 is 2.67 bits per heavy atom. The summed E-state index contributed by atoms with van der Waals surface area (Å²) in [5.41, 5.74) is 4.50. The molecule has 5 nitrogen and oxygen atoms in total. The number of hydrogen-bond acceptors (Lipinski definition) is 4. The van der Waals surface area contributed by atoms with Gasteiger partial charge < -0.3 is 19.1 Å². The molecule has 1 fully saturated rings. The maximum Gasteiger partial charge on any atom is 0.219 e. The first-order valence-corrected chi connectivity index (χ1v) is 9.38. The second kappa shape index (κ2) is 7.33. The van der Waals surface area contributed by atoms with Crippen LogP contribution in [0, 0.1) is 0 Å². The van der Waals surface area contributed by atoms with E-state index in [9.17, 15) is 4.79 Å². The van der Waals surface area contributed by atoms with E-state index in [2.05, 4.69) is 30.3 Å². The zero-order valence-corrected chi connectivity index (χ0v) is 15.9. The molecule has 1 saturated heterocycles.